The molecule has 2 rings (SSSR count). The molecule has 0 saturated carbocycles. The van der Waals surface area contributed by atoms with Gasteiger partial charge in [-0.2, -0.15) is 0 Å². The highest BCUT2D eigenvalue weighted by atomic mass is 32.1. The highest BCUT2D eigenvalue weighted by Crippen LogP contribution is 2.21. The predicted molar refractivity (Wildman–Crippen MR) is 91.1 cm³/mol. The lowest BCUT2D eigenvalue weighted by Gasteiger charge is -2.27. The molecule has 1 N–H and O–H groups in total. The van der Waals surface area contributed by atoms with E-state index in [4.69, 9.17) is 4.74 Å². The molecule has 0 bridgehead atoms. The zero-order chi connectivity index (χ0) is 15.2. The Morgan fingerprint density at radius 3 is 2.76 bits per heavy atom. The smallest absolute Gasteiger partial charge is 0.0707 e. The van der Waals surface area contributed by atoms with Gasteiger partial charge in [0, 0.05) is 30.1 Å². The first kappa shape index (κ1) is 16.9. The number of rotatable bonds is 8. The molecular weight excluding hydrogens is 280 g/mol. The van der Waals surface area contributed by atoms with E-state index in [1.807, 2.05) is 11.3 Å². The molecule has 21 heavy (non-hydrogen) atoms. The van der Waals surface area contributed by atoms with Crippen molar-refractivity contribution in [2.24, 2.45) is 0 Å². The normalized spacial score (nSPS) is 24.1. The largest absolute Gasteiger partial charge is 0.372 e. The van der Waals surface area contributed by atoms with E-state index in [2.05, 4.69) is 55.5 Å². The van der Waals surface area contributed by atoms with Gasteiger partial charge < -0.3 is 15.0 Å². The van der Waals surface area contributed by atoms with Gasteiger partial charge in [-0.05, 0) is 44.7 Å². The summed E-state index contributed by atoms with van der Waals surface area (Å²) in [5, 5.41) is 5.64. The Bertz CT molecular complexity index is 394. The van der Waals surface area contributed by atoms with E-state index >= 15 is 0 Å². The lowest BCUT2D eigenvalue weighted by molar-refractivity contribution is 0.0212. The minimum atomic E-state index is 0.401. The van der Waals surface area contributed by atoms with Gasteiger partial charge in [0.2, 0.25) is 0 Å². The van der Waals surface area contributed by atoms with Gasteiger partial charge in [0.25, 0.3) is 0 Å². The molecule has 1 saturated heterocycles. The van der Waals surface area contributed by atoms with E-state index in [0.717, 1.165) is 19.5 Å². The van der Waals surface area contributed by atoms with Crippen LogP contribution >= 0.6 is 11.3 Å². The van der Waals surface area contributed by atoms with Crippen molar-refractivity contribution in [2.75, 3.05) is 20.1 Å². The summed E-state index contributed by atoms with van der Waals surface area (Å²) >= 11 is 1.85. The first-order chi connectivity index (χ1) is 10.0. The molecule has 0 spiro atoms. The summed E-state index contributed by atoms with van der Waals surface area (Å²) in [7, 11) is 2.22. The average Bonchev–Trinajstić information content (AvgIpc) is 3.08. The Labute approximate surface area is 133 Å². The minimum Gasteiger partial charge on any atom is -0.372 e. The molecule has 1 fully saturated rings. The van der Waals surface area contributed by atoms with Crippen LogP contribution in [0.25, 0.3) is 0 Å². The van der Waals surface area contributed by atoms with Crippen LogP contribution in [0.2, 0.25) is 0 Å². The van der Waals surface area contributed by atoms with E-state index in [1.54, 1.807) is 0 Å². The second-order valence-electron chi connectivity index (χ2n) is 6.59. The molecule has 1 aromatic rings. The van der Waals surface area contributed by atoms with Crippen molar-refractivity contribution >= 4 is 11.3 Å². The topological polar surface area (TPSA) is 24.5 Å². The number of nitrogens with zero attached hydrogens (tertiary/aromatic N) is 1. The lowest BCUT2D eigenvalue weighted by atomic mass is 10.1. The molecule has 1 aromatic heterocycles. The van der Waals surface area contributed by atoms with E-state index in [9.17, 15) is 0 Å². The van der Waals surface area contributed by atoms with Crippen molar-refractivity contribution in [1.29, 1.82) is 0 Å². The van der Waals surface area contributed by atoms with Crippen molar-refractivity contribution in [3.05, 3.63) is 22.4 Å². The van der Waals surface area contributed by atoms with Crippen LogP contribution in [0.1, 0.15) is 38.5 Å². The highest BCUT2D eigenvalue weighted by molar-refractivity contribution is 7.09. The summed E-state index contributed by atoms with van der Waals surface area (Å²) in [5.74, 6) is 0. The molecular formula is C17H30N2OS. The number of likely N-dealkylation sites (N-methyl/N-ethyl adjacent to an activating group) is 1. The average molecular weight is 311 g/mol. The standard InChI is InChI=1S/C17H30N2OS/c1-13(2)18-11-15-7-8-16(20-15)12-19(4)14(3)10-17-6-5-9-21-17/h5-6,9,13-16,18H,7-8,10-12H2,1-4H3. The molecule has 3 atom stereocenters. The zero-order valence-electron chi connectivity index (χ0n) is 13.8. The number of thiophene rings is 1. The highest BCUT2D eigenvalue weighted by Gasteiger charge is 2.27. The van der Waals surface area contributed by atoms with E-state index in [0.29, 0.717) is 24.3 Å². The van der Waals surface area contributed by atoms with Crippen LogP contribution in [0.15, 0.2) is 17.5 Å². The van der Waals surface area contributed by atoms with Crippen LogP contribution in [0.5, 0.6) is 0 Å². The maximum atomic E-state index is 6.17. The molecule has 3 nitrogen and oxygen atoms in total. The maximum Gasteiger partial charge on any atom is 0.0707 e. The monoisotopic (exact) mass is 310 g/mol. The Morgan fingerprint density at radius 1 is 1.33 bits per heavy atom. The van der Waals surface area contributed by atoms with Crippen molar-refractivity contribution in [1.82, 2.24) is 10.2 Å². The van der Waals surface area contributed by atoms with Gasteiger partial charge in [-0.1, -0.05) is 19.9 Å². The molecule has 2 heterocycles. The Morgan fingerprint density at radius 2 is 2.10 bits per heavy atom. The molecule has 1 aliphatic rings. The summed E-state index contributed by atoms with van der Waals surface area (Å²) in [6.45, 7) is 8.72. The van der Waals surface area contributed by atoms with Gasteiger partial charge in [-0.15, -0.1) is 11.3 Å². The molecule has 120 valence electrons. The van der Waals surface area contributed by atoms with Crippen molar-refractivity contribution in [2.45, 2.75) is 64.3 Å². The zero-order valence-corrected chi connectivity index (χ0v) is 14.7. The van der Waals surface area contributed by atoms with Gasteiger partial charge >= 0.3 is 0 Å². The molecule has 0 aliphatic carbocycles. The molecule has 3 unspecified atom stereocenters. The van der Waals surface area contributed by atoms with E-state index in [1.165, 1.54) is 17.7 Å². The molecule has 0 radical (unpaired) electrons. The second-order valence-corrected chi connectivity index (χ2v) is 7.62. The Hall–Kier alpha value is -0.420. The van der Waals surface area contributed by atoms with Crippen molar-refractivity contribution in [3.63, 3.8) is 0 Å². The van der Waals surface area contributed by atoms with Gasteiger partial charge in [-0.3, -0.25) is 0 Å². The van der Waals surface area contributed by atoms with E-state index < -0.39 is 0 Å². The van der Waals surface area contributed by atoms with Crippen LogP contribution < -0.4 is 5.32 Å². The first-order valence-corrected chi connectivity index (χ1v) is 9.04. The van der Waals surface area contributed by atoms with Gasteiger partial charge in [-0.25, -0.2) is 0 Å². The molecule has 1 aliphatic heterocycles. The van der Waals surface area contributed by atoms with Crippen LogP contribution in [0, 0.1) is 0 Å². The number of hydrogen-bond acceptors (Lipinski definition) is 4. The summed E-state index contributed by atoms with van der Waals surface area (Å²) < 4.78 is 6.17. The van der Waals surface area contributed by atoms with Crippen LogP contribution in [0.4, 0.5) is 0 Å². The van der Waals surface area contributed by atoms with Crippen molar-refractivity contribution < 1.29 is 4.74 Å². The van der Waals surface area contributed by atoms with Gasteiger partial charge in [0.15, 0.2) is 0 Å². The SMILES string of the molecule is CC(C)NCC1CCC(CN(C)C(C)Cc2cccs2)O1. The second kappa shape index (κ2) is 8.28. The Kier molecular flexibility index (Phi) is 6.68. The molecule has 4 heteroatoms. The van der Waals surface area contributed by atoms with E-state index in [-0.39, 0.29) is 0 Å². The molecule has 0 aromatic carbocycles. The van der Waals surface area contributed by atoms with Crippen molar-refractivity contribution in [3.8, 4) is 0 Å². The third-order valence-corrected chi connectivity index (χ3v) is 5.17. The summed E-state index contributed by atoms with van der Waals surface area (Å²) in [6.07, 6.45) is 4.33. The predicted octanol–water partition coefficient (Wildman–Crippen LogP) is 3.16. The fourth-order valence-corrected chi connectivity index (χ4v) is 3.64. The third kappa shape index (κ3) is 5.70. The quantitative estimate of drug-likeness (QED) is 0.798. The third-order valence-electron chi connectivity index (χ3n) is 4.27. The van der Waals surface area contributed by atoms with Crippen LogP contribution in [-0.4, -0.2) is 49.3 Å². The van der Waals surface area contributed by atoms with Crippen LogP contribution in [-0.2, 0) is 11.2 Å². The fraction of sp³-hybridized carbons (Fsp3) is 0.765. The summed E-state index contributed by atoms with van der Waals surface area (Å²) in [6, 6.07) is 5.48. The lowest BCUT2D eigenvalue weighted by Crippen LogP contribution is -2.38. The maximum absolute atomic E-state index is 6.17. The number of ether oxygens (including phenoxy) is 1. The summed E-state index contributed by atoms with van der Waals surface area (Å²) in [5.41, 5.74) is 0. The van der Waals surface area contributed by atoms with Crippen LogP contribution in [0.3, 0.4) is 0 Å². The van der Waals surface area contributed by atoms with Gasteiger partial charge in [0.1, 0.15) is 0 Å². The molecule has 0 amide bonds. The number of hydrogen-bond donors (Lipinski definition) is 1. The fourth-order valence-electron chi connectivity index (χ4n) is 2.81. The minimum absolute atomic E-state index is 0.401. The first-order valence-electron chi connectivity index (χ1n) is 8.16. The van der Waals surface area contributed by atoms with Gasteiger partial charge in [0.05, 0.1) is 12.2 Å². The number of nitrogens with one attached hydrogen (secondary N) is 1. The summed E-state index contributed by atoms with van der Waals surface area (Å²) in [4.78, 5) is 3.92. The Balaban J connectivity index is 1.69.